The number of nitrogens with zero attached hydrogens (tertiary/aromatic N) is 2. The number of morpholine rings is 1. The number of methoxy groups -OCH3 is 1. The maximum atomic E-state index is 14.7. The Balaban J connectivity index is 1.74. The van der Waals surface area contributed by atoms with Gasteiger partial charge in [0.05, 0.1) is 38.0 Å². The van der Waals surface area contributed by atoms with E-state index in [2.05, 4.69) is 4.90 Å². The van der Waals surface area contributed by atoms with Crippen LogP contribution in [0.15, 0.2) is 48.0 Å². The van der Waals surface area contributed by atoms with Crippen LogP contribution in [-0.2, 0) is 14.3 Å². The van der Waals surface area contributed by atoms with Crippen LogP contribution in [0.5, 0.6) is 11.5 Å². The zero-order valence-electron chi connectivity index (χ0n) is 20.7. The van der Waals surface area contributed by atoms with Crippen LogP contribution in [0, 0.1) is 5.82 Å². The molecule has 9 heteroatoms. The van der Waals surface area contributed by atoms with Gasteiger partial charge < -0.3 is 24.2 Å². The summed E-state index contributed by atoms with van der Waals surface area (Å²) in [5.74, 6) is -2.05. The number of amides is 1. The van der Waals surface area contributed by atoms with Crippen molar-refractivity contribution in [1.29, 1.82) is 0 Å². The molecular formula is C27H31FN2O6. The molecular weight excluding hydrogens is 467 g/mol. The van der Waals surface area contributed by atoms with Crippen molar-refractivity contribution in [2.24, 2.45) is 0 Å². The number of rotatable bonds is 8. The number of hydrogen-bond acceptors (Lipinski definition) is 7. The molecule has 0 bridgehead atoms. The fourth-order valence-corrected chi connectivity index (χ4v) is 4.50. The van der Waals surface area contributed by atoms with Crippen LogP contribution < -0.4 is 9.47 Å². The van der Waals surface area contributed by atoms with E-state index in [1.54, 1.807) is 38.1 Å². The fourth-order valence-electron chi connectivity index (χ4n) is 4.50. The van der Waals surface area contributed by atoms with Crippen LogP contribution in [0.25, 0.3) is 5.76 Å². The lowest BCUT2D eigenvalue weighted by atomic mass is 9.95. The largest absolute Gasteiger partial charge is 0.507 e. The summed E-state index contributed by atoms with van der Waals surface area (Å²) >= 11 is 0. The number of ketones is 1. The Bertz CT molecular complexity index is 1160. The van der Waals surface area contributed by atoms with Crippen molar-refractivity contribution >= 4 is 17.4 Å². The molecule has 0 spiro atoms. The van der Waals surface area contributed by atoms with Gasteiger partial charge in [0.15, 0.2) is 11.6 Å². The van der Waals surface area contributed by atoms with Crippen LogP contribution in [0.2, 0.25) is 0 Å². The number of aliphatic hydroxyl groups is 1. The maximum absolute atomic E-state index is 14.7. The first-order valence-electron chi connectivity index (χ1n) is 12.0. The van der Waals surface area contributed by atoms with Gasteiger partial charge in [-0.1, -0.05) is 12.1 Å². The van der Waals surface area contributed by atoms with Crippen molar-refractivity contribution in [2.45, 2.75) is 26.0 Å². The quantitative estimate of drug-likeness (QED) is 0.339. The number of Topliss-reactive ketones (excluding diaryl/α,β-unsaturated/α-hetero) is 1. The van der Waals surface area contributed by atoms with Gasteiger partial charge in [0.25, 0.3) is 11.7 Å². The minimum atomic E-state index is -0.851. The van der Waals surface area contributed by atoms with Gasteiger partial charge in [-0.25, -0.2) is 4.39 Å². The minimum absolute atomic E-state index is 0.0388. The molecule has 2 aliphatic rings. The summed E-state index contributed by atoms with van der Waals surface area (Å²) in [6.07, 6.45) is -0.233. The number of benzene rings is 2. The van der Waals surface area contributed by atoms with E-state index in [0.29, 0.717) is 31.1 Å². The molecule has 2 saturated heterocycles. The smallest absolute Gasteiger partial charge is 0.295 e. The Kier molecular flexibility index (Phi) is 7.91. The second-order valence-corrected chi connectivity index (χ2v) is 9.03. The first-order valence-corrected chi connectivity index (χ1v) is 12.0. The number of aliphatic hydroxyl groups excluding tert-OH is 1. The van der Waals surface area contributed by atoms with E-state index in [-0.39, 0.29) is 29.5 Å². The van der Waals surface area contributed by atoms with E-state index in [4.69, 9.17) is 14.2 Å². The molecule has 2 aromatic carbocycles. The van der Waals surface area contributed by atoms with Gasteiger partial charge >= 0.3 is 0 Å². The minimum Gasteiger partial charge on any atom is -0.507 e. The van der Waals surface area contributed by atoms with Crippen LogP contribution in [0.1, 0.15) is 31.0 Å². The molecule has 1 N–H and O–H groups in total. The third kappa shape index (κ3) is 5.37. The van der Waals surface area contributed by atoms with Crippen LogP contribution >= 0.6 is 0 Å². The Labute approximate surface area is 209 Å². The zero-order chi connectivity index (χ0) is 25.8. The summed E-state index contributed by atoms with van der Waals surface area (Å²) < 4.78 is 30.9. The summed E-state index contributed by atoms with van der Waals surface area (Å²) in [5, 5.41) is 11.2. The van der Waals surface area contributed by atoms with E-state index in [0.717, 1.165) is 19.2 Å². The average Bonchev–Trinajstić information content (AvgIpc) is 3.13. The Morgan fingerprint density at radius 3 is 2.56 bits per heavy atom. The van der Waals surface area contributed by atoms with Crippen molar-refractivity contribution in [1.82, 2.24) is 9.80 Å². The summed E-state index contributed by atoms with van der Waals surface area (Å²) in [6.45, 7) is 7.07. The Morgan fingerprint density at radius 2 is 1.89 bits per heavy atom. The van der Waals surface area contributed by atoms with E-state index in [9.17, 15) is 19.1 Å². The molecule has 2 aromatic rings. The van der Waals surface area contributed by atoms with E-state index < -0.39 is 29.3 Å². The summed E-state index contributed by atoms with van der Waals surface area (Å²) in [4.78, 5) is 30.0. The molecule has 1 atom stereocenters. The number of halogens is 1. The summed E-state index contributed by atoms with van der Waals surface area (Å²) in [5.41, 5.74) is 0.604. The molecule has 192 valence electrons. The number of carbonyl (C=O) groups is 2. The van der Waals surface area contributed by atoms with Gasteiger partial charge in [-0.2, -0.15) is 0 Å². The highest BCUT2D eigenvalue weighted by Gasteiger charge is 2.46. The third-order valence-electron chi connectivity index (χ3n) is 6.28. The fraction of sp³-hybridized carbons (Fsp3) is 0.407. The molecule has 0 aromatic heterocycles. The standard InChI is InChI=1S/C27H31FN2O6/c1-17(2)36-22-8-7-19(16-21(22)28)25(31)23-24(18-5-4-6-20(15-18)34-3)30(27(33)26(23)32)10-9-29-11-13-35-14-12-29/h4-8,15-17,24,31H,9-14H2,1-3H3/b25-23+/t24-/m1/s1. The van der Waals surface area contributed by atoms with Crippen molar-refractivity contribution in [3.63, 3.8) is 0 Å². The highest BCUT2D eigenvalue weighted by atomic mass is 19.1. The zero-order valence-corrected chi connectivity index (χ0v) is 20.7. The van der Waals surface area contributed by atoms with Crippen molar-refractivity contribution in [3.8, 4) is 11.5 Å². The van der Waals surface area contributed by atoms with Crippen LogP contribution in [0.4, 0.5) is 4.39 Å². The third-order valence-corrected chi connectivity index (χ3v) is 6.28. The molecule has 36 heavy (non-hydrogen) atoms. The predicted octanol–water partition coefficient (Wildman–Crippen LogP) is 3.38. The first-order chi connectivity index (χ1) is 17.3. The molecule has 4 rings (SSSR count). The second-order valence-electron chi connectivity index (χ2n) is 9.03. The number of hydrogen-bond donors (Lipinski definition) is 1. The number of likely N-dealkylation sites (tertiary alicyclic amines) is 1. The Hall–Kier alpha value is -3.43. The highest BCUT2D eigenvalue weighted by molar-refractivity contribution is 6.46. The van der Waals surface area contributed by atoms with Crippen LogP contribution in [0.3, 0.4) is 0 Å². The highest BCUT2D eigenvalue weighted by Crippen LogP contribution is 2.40. The maximum Gasteiger partial charge on any atom is 0.295 e. The molecule has 2 fully saturated rings. The molecule has 0 radical (unpaired) electrons. The van der Waals surface area contributed by atoms with Gasteiger partial charge in [-0.3, -0.25) is 14.5 Å². The number of carbonyl (C=O) groups excluding carboxylic acids is 2. The predicted molar refractivity (Wildman–Crippen MR) is 131 cm³/mol. The topological polar surface area (TPSA) is 88.5 Å². The average molecular weight is 499 g/mol. The summed E-state index contributed by atoms with van der Waals surface area (Å²) in [7, 11) is 1.53. The molecule has 2 heterocycles. The second kappa shape index (κ2) is 11.1. The Morgan fingerprint density at radius 1 is 1.14 bits per heavy atom. The van der Waals surface area contributed by atoms with Gasteiger partial charge in [0.2, 0.25) is 0 Å². The lowest BCUT2D eigenvalue weighted by molar-refractivity contribution is -0.140. The van der Waals surface area contributed by atoms with Gasteiger partial charge in [0.1, 0.15) is 11.5 Å². The molecule has 0 saturated carbocycles. The molecule has 8 nitrogen and oxygen atoms in total. The lowest BCUT2D eigenvalue weighted by Gasteiger charge is -2.31. The van der Waals surface area contributed by atoms with Crippen molar-refractivity contribution in [2.75, 3.05) is 46.5 Å². The van der Waals surface area contributed by atoms with Gasteiger partial charge in [-0.05, 0) is 49.7 Å². The van der Waals surface area contributed by atoms with Crippen molar-refractivity contribution < 1.29 is 33.3 Å². The van der Waals surface area contributed by atoms with E-state index in [1.165, 1.54) is 24.1 Å². The lowest BCUT2D eigenvalue weighted by Crippen LogP contribution is -2.42. The molecule has 2 aliphatic heterocycles. The van der Waals surface area contributed by atoms with Gasteiger partial charge in [0, 0.05) is 31.7 Å². The van der Waals surface area contributed by atoms with Crippen molar-refractivity contribution in [3.05, 3.63) is 65.0 Å². The molecule has 0 aliphatic carbocycles. The SMILES string of the molecule is COc1cccc([C@@H]2/C(=C(\O)c3ccc(OC(C)C)c(F)c3)C(=O)C(=O)N2CCN2CCOCC2)c1. The summed E-state index contributed by atoms with van der Waals surface area (Å²) in [6, 6.07) is 10.1. The van der Waals surface area contributed by atoms with E-state index in [1.807, 2.05) is 0 Å². The monoisotopic (exact) mass is 498 g/mol. The normalized spacial score (nSPS) is 20.2. The van der Waals surface area contributed by atoms with E-state index >= 15 is 0 Å². The van der Waals surface area contributed by atoms with Crippen LogP contribution in [-0.4, -0.2) is 79.2 Å². The molecule has 1 amide bonds. The number of ether oxygens (including phenoxy) is 3. The first kappa shape index (κ1) is 25.7. The molecule has 0 unspecified atom stereocenters. The van der Waals surface area contributed by atoms with Gasteiger partial charge in [-0.15, -0.1) is 0 Å².